The Morgan fingerprint density at radius 3 is 2.68 bits per heavy atom. The van der Waals surface area contributed by atoms with Gasteiger partial charge in [0.25, 0.3) is 0 Å². The van der Waals surface area contributed by atoms with Crippen molar-refractivity contribution in [2.45, 2.75) is 25.2 Å². The summed E-state index contributed by atoms with van der Waals surface area (Å²) in [6.07, 6.45) is 2.65. The van der Waals surface area contributed by atoms with Crippen LogP contribution in [0, 0.1) is 6.92 Å². The van der Waals surface area contributed by atoms with Crippen molar-refractivity contribution in [3.63, 3.8) is 0 Å². The molecule has 0 atom stereocenters. The van der Waals surface area contributed by atoms with Gasteiger partial charge in [0, 0.05) is 26.2 Å². The zero-order valence-electron chi connectivity index (χ0n) is 11.3. The van der Waals surface area contributed by atoms with E-state index in [1.807, 2.05) is 18.4 Å². The maximum Gasteiger partial charge on any atom is 0.0345 e. The number of hydrogen-bond acceptors (Lipinski definition) is 2. The minimum absolute atomic E-state index is 0.433. The zero-order valence-corrected chi connectivity index (χ0v) is 13.7. The molecule has 1 nitrogen and oxygen atoms in total. The van der Waals surface area contributed by atoms with E-state index in [1.54, 1.807) is 0 Å². The maximum absolute atomic E-state index is 3.56. The number of thiophene rings is 1. The standard InChI is InChI=1S/C16H18BrNS/c1-11-9-12(3-4-13(11)17)14-5-6-15(19-14)16(7-8-16)10-18-2/h3-6,9,18H,7-8,10H2,1-2H3. The van der Waals surface area contributed by atoms with E-state index in [1.165, 1.54) is 38.2 Å². The van der Waals surface area contributed by atoms with Crippen LogP contribution < -0.4 is 5.32 Å². The number of benzene rings is 1. The van der Waals surface area contributed by atoms with E-state index in [0.717, 1.165) is 6.54 Å². The Labute approximate surface area is 127 Å². The molecule has 0 amide bonds. The van der Waals surface area contributed by atoms with Crippen LogP contribution in [-0.2, 0) is 5.41 Å². The molecule has 1 heterocycles. The predicted octanol–water partition coefficient (Wildman–Crippen LogP) is 4.74. The average Bonchev–Trinajstić information content (AvgIpc) is 3.01. The molecule has 1 N–H and O–H groups in total. The third kappa shape index (κ3) is 2.51. The molecular formula is C16H18BrNS. The van der Waals surface area contributed by atoms with Crippen LogP contribution in [0.25, 0.3) is 10.4 Å². The number of likely N-dealkylation sites (N-methyl/N-ethyl adjacent to an activating group) is 1. The lowest BCUT2D eigenvalue weighted by Gasteiger charge is -2.11. The summed E-state index contributed by atoms with van der Waals surface area (Å²) in [5.41, 5.74) is 3.06. The average molecular weight is 336 g/mol. The van der Waals surface area contributed by atoms with Crippen LogP contribution in [0.15, 0.2) is 34.8 Å². The van der Waals surface area contributed by atoms with Gasteiger partial charge in [0.2, 0.25) is 0 Å². The van der Waals surface area contributed by atoms with Crippen molar-refractivity contribution in [3.05, 3.63) is 45.2 Å². The summed E-state index contributed by atoms with van der Waals surface area (Å²) in [7, 11) is 2.05. The molecule has 1 aliphatic carbocycles. The van der Waals surface area contributed by atoms with Crippen molar-refractivity contribution in [1.82, 2.24) is 5.32 Å². The van der Waals surface area contributed by atoms with Crippen LogP contribution in [-0.4, -0.2) is 13.6 Å². The van der Waals surface area contributed by atoms with Crippen LogP contribution in [0.4, 0.5) is 0 Å². The Kier molecular flexibility index (Phi) is 3.54. The lowest BCUT2D eigenvalue weighted by molar-refractivity contribution is 0.634. The van der Waals surface area contributed by atoms with E-state index in [4.69, 9.17) is 0 Å². The van der Waals surface area contributed by atoms with E-state index in [9.17, 15) is 0 Å². The Bertz CT molecular complexity index is 599. The van der Waals surface area contributed by atoms with Crippen LogP contribution in [0.3, 0.4) is 0 Å². The Morgan fingerprint density at radius 2 is 2.05 bits per heavy atom. The first-order valence-electron chi connectivity index (χ1n) is 6.66. The van der Waals surface area contributed by atoms with Gasteiger partial charge in [-0.05, 0) is 62.2 Å². The van der Waals surface area contributed by atoms with Crippen LogP contribution >= 0.6 is 27.3 Å². The normalized spacial score (nSPS) is 16.6. The number of nitrogens with one attached hydrogen (secondary N) is 1. The number of halogens is 1. The maximum atomic E-state index is 3.56. The van der Waals surface area contributed by atoms with E-state index >= 15 is 0 Å². The summed E-state index contributed by atoms with van der Waals surface area (Å²) in [6.45, 7) is 3.25. The fraction of sp³-hybridized carbons (Fsp3) is 0.375. The number of rotatable bonds is 4. The Hall–Kier alpha value is -0.640. The van der Waals surface area contributed by atoms with E-state index < -0.39 is 0 Å². The summed E-state index contributed by atoms with van der Waals surface area (Å²) >= 11 is 5.52. The second-order valence-electron chi connectivity index (χ2n) is 5.44. The lowest BCUT2D eigenvalue weighted by atomic mass is 10.1. The first-order valence-corrected chi connectivity index (χ1v) is 8.27. The van der Waals surface area contributed by atoms with E-state index in [2.05, 4.69) is 58.5 Å². The molecule has 3 rings (SSSR count). The molecule has 3 heteroatoms. The first kappa shape index (κ1) is 13.3. The monoisotopic (exact) mass is 335 g/mol. The molecule has 19 heavy (non-hydrogen) atoms. The largest absolute Gasteiger partial charge is 0.319 e. The van der Waals surface area contributed by atoms with Crippen LogP contribution in [0.2, 0.25) is 0 Å². The SMILES string of the molecule is CNCC1(c2ccc(-c3ccc(Br)c(C)c3)s2)CC1. The summed E-state index contributed by atoms with van der Waals surface area (Å²) in [6, 6.07) is 11.2. The van der Waals surface area contributed by atoms with Gasteiger partial charge in [-0.25, -0.2) is 0 Å². The van der Waals surface area contributed by atoms with Gasteiger partial charge in [-0.1, -0.05) is 22.0 Å². The second kappa shape index (κ2) is 5.04. The summed E-state index contributed by atoms with van der Waals surface area (Å²) in [4.78, 5) is 2.92. The van der Waals surface area contributed by atoms with Gasteiger partial charge >= 0.3 is 0 Å². The molecule has 0 spiro atoms. The lowest BCUT2D eigenvalue weighted by Crippen LogP contribution is -2.22. The van der Waals surface area contributed by atoms with Crippen molar-refractivity contribution in [3.8, 4) is 10.4 Å². The van der Waals surface area contributed by atoms with Crippen LogP contribution in [0.5, 0.6) is 0 Å². The van der Waals surface area contributed by atoms with Gasteiger partial charge < -0.3 is 5.32 Å². The highest BCUT2D eigenvalue weighted by Crippen LogP contribution is 2.51. The van der Waals surface area contributed by atoms with Crippen molar-refractivity contribution in [2.24, 2.45) is 0 Å². The van der Waals surface area contributed by atoms with Gasteiger partial charge in [0.15, 0.2) is 0 Å². The van der Waals surface area contributed by atoms with Gasteiger partial charge in [0.1, 0.15) is 0 Å². The summed E-state index contributed by atoms with van der Waals surface area (Å²) in [5.74, 6) is 0. The van der Waals surface area contributed by atoms with Gasteiger partial charge in [-0.3, -0.25) is 0 Å². The van der Waals surface area contributed by atoms with Crippen molar-refractivity contribution in [1.29, 1.82) is 0 Å². The molecule has 0 saturated heterocycles. The van der Waals surface area contributed by atoms with Crippen molar-refractivity contribution in [2.75, 3.05) is 13.6 Å². The Balaban J connectivity index is 1.91. The highest BCUT2D eigenvalue weighted by Gasteiger charge is 2.44. The molecule has 0 unspecified atom stereocenters. The van der Waals surface area contributed by atoms with E-state index in [-0.39, 0.29) is 0 Å². The molecule has 0 radical (unpaired) electrons. The molecule has 1 aromatic heterocycles. The number of hydrogen-bond donors (Lipinski definition) is 1. The molecule has 1 aromatic carbocycles. The zero-order chi connectivity index (χ0) is 13.5. The van der Waals surface area contributed by atoms with Crippen molar-refractivity contribution >= 4 is 27.3 Å². The van der Waals surface area contributed by atoms with E-state index in [0.29, 0.717) is 5.41 Å². The fourth-order valence-electron chi connectivity index (χ4n) is 2.58. The molecule has 0 aliphatic heterocycles. The molecule has 0 bridgehead atoms. The topological polar surface area (TPSA) is 12.0 Å². The highest BCUT2D eigenvalue weighted by molar-refractivity contribution is 9.10. The first-order chi connectivity index (χ1) is 9.14. The third-order valence-corrected chi connectivity index (χ3v) is 6.21. The molecular weight excluding hydrogens is 318 g/mol. The number of aryl methyl sites for hydroxylation is 1. The minimum atomic E-state index is 0.433. The van der Waals surface area contributed by atoms with Gasteiger partial charge in [-0.2, -0.15) is 0 Å². The smallest absolute Gasteiger partial charge is 0.0345 e. The predicted molar refractivity (Wildman–Crippen MR) is 87.0 cm³/mol. The van der Waals surface area contributed by atoms with Gasteiger partial charge in [-0.15, -0.1) is 11.3 Å². The minimum Gasteiger partial charge on any atom is -0.319 e. The van der Waals surface area contributed by atoms with Crippen LogP contribution in [0.1, 0.15) is 23.3 Å². The third-order valence-electron chi connectivity index (χ3n) is 3.94. The fourth-order valence-corrected chi connectivity index (χ4v) is 4.07. The molecule has 1 saturated carbocycles. The summed E-state index contributed by atoms with van der Waals surface area (Å²) in [5, 5.41) is 3.34. The van der Waals surface area contributed by atoms with Gasteiger partial charge in [0.05, 0.1) is 0 Å². The summed E-state index contributed by atoms with van der Waals surface area (Å²) < 4.78 is 1.18. The van der Waals surface area contributed by atoms with Crippen molar-refractivity contribution < 1.29 is 0 Å². The molecule has 2 aromatic rings. The molecule has 1 aliphatic rings. The second-order valence-corrected chi connectivity index (χ2v) is 7.38. The molecule has 1 fully saturated rings. The quantitative estimate of drug-likeness (QED) is 0.851. The molecule has 100 valence electrons. The highest BCUT2D eigenvalue weighted by atomic mass is 79.9. The Morgan fingerprint density at radius 1 is 1.26 bits per heavy atom.